The number of rotatable bonds is 3. The lowest BCUT2D eigenvalue weighted by Crippen LogP contribution is -2.00. The van der Waals surface area contributed by atoms with Crippen molar-refractivity contribution in [3.05, 3.63) is 11.5 Å². The van der Waals surface area contributed by atoms with Gasteiger partial charge in [0.15, 0.2) is 0 Å². The van der Waals surface area contributed by atoms with Crippen molar-refractivity contribution < 1.29 is 4.74 Å². The van der Waals surface area contributed by atoms with E-state index >= 15 is 0 Å². The molecule has 19 heavy (non-hydrogen) atoms. The number of nitrogen functional groups attached to an aromatic ring is 1. The Labute approximate surface area is 112 Å². The fourth-order valence-corrected chi connectivity index (χ4v) is 2.56. The summed E-state index contributed by atoms with van der Waals surface area (Å²) >= 11 is 0. The zero-order valence-corrected chi connectivity index (χ0v) is 11.8. The van der Waals surface area contributed by atoms with Crippen LogP contribution in [-0.2, 0) is 14.1 Å². The van der Waals surface area contributed by atoms with Gasteiger partial charge in [-0.1, -0.05) is 0 Å². The van der Waals surface area contributed by atoms with E-state index in [0.717, 1.165) is 22.8 Å². The molecule has 2 heterocycles. The Morgan fingerprint density at radius 2 is 2.00 bits per heavy atom. The van der Waals surface area contributed by atoms with Crippen molar-refractivity contribution in [3.63, 3.8) is 0 Å². The van der Waals surface area contributed by atoms with Crippen molar-refractivity contribution in [3.8, 4) is 17.1 Å². The summed E-state index contributed by atoms with van der Waals surface area (Å²) in [5.41, 5.74) is 8.77. The Hall–Kier alpha value is -1.98. The lowest BCUT2D eigenvalue weighted by molar-refractivity contribution is 0.374. The van der Waals surface area contributed by atoms with Crippen LogP contribution in [0.1, 0.15) is 30.3 Å². The van der Waals surface area contributed by atoms with Gasteiger partial charge in [0.2, 0.25) is 5.88 Å². The van der Waals surface area contributed by atoms with E-state index in [2.05, 4.69) is 5.10 Å². The summed E-state index contributed by atoms with van der Waals surface area (Å²) in [5, 5.41) is 4.39. The van der Waals surface area contributed by atoms with Gasteiger partial charge in [0, 0.05) is 20.0 Å². The third-order valence-electron chi connectivity index (χ3n) is 3.72. The zero-order valence-electron chi connectivity index (χ0n) is 11.8. The number of imidazole rings is 1. The minimum Gasteiger partial charge on any atom is -0.481 e. The number of hydrogen-bond donors (Lipinski definition) is 1. The van der Waals surface area contributed by atoms with Gasteiger partial charge in [-0.2, -0.15) is 5.10 Å². The average molecular weight is 261 g/mol. The quantitative estimate of drug-likeness (QED) is 0.911. The first-order chi connectivity index (χ1) is 9.04. The highest BCUT2D eigenvalue weighted by molar-refractivity contribution is 5.77. The molecule has 0 unspecified atom stereocenters. The first-order valence-electron chi connectivity index (χ1n) is 6.44. The number of hydrogen-bond acceptors (Lipinski definition) is 4. The zero-order chi connectivity index (χ0) is 13.7. The van der Waals surface area contributed by atoms with E-state index in [1.165, 1.54) is 12.8 Å². The fourth-order valence-electron chi connectivity index (χ4n) is 2.56. The highest BCUT2D eigenvalue weighted by Crippen LogP contribution is 2.43. The van der Waals surface area contributed by atoms with E-state index in [4.69, 9.17) is 15.5 Å². The molecule has 3 rings (SSSR count). The maximum Gasteiger partial charge on any atom is 0.221 e. The number of nitrogens with two attached hydrogens (primary N) is 1. The van der Waals surface area contributed by atoms with E-state index < -0.39 is 0 Å². The molecule has 1 fully saturated rings. The largest absolute Gasteiger partial charge is 0.481 e. The minimum atomic E-state index is 0.559. The van der Waals surface area contributed by atoms with Crippen molar-refractivity contribution in [2.45, 2.75) is 25.7 Å². The Morgan fingerprint density at radius 3 is 2.58 bits per heavy atom. The molecule has 2 N–H and O–H groups in total. The molecule has 0 saturated heterocycles. The van der Waals surface area contributed by atoms with Crippen molar-refractivity contribution in [2.75, 3.05) is 12.8 Å². The van der Waals surface area contributed by atoms with Crippen LogP contribution in [0.3, 0.4) is 0 Å². The predicted octanol–water partition coefficient (Wildman–Crippen LogP) is 1.60. The highest BCUT2D eigenvalue weighted by Gasteiger charge is 2.31. The van der Waals surface area contributed by atoms with Gasteiger partial charge in [-0.25, -0.2) is 9.67 Å². The van der Waals surface area contributed by atoms with Crippen LogP contribution in [0.25, 0.3) is 11.3 Å². The Balaban J connectivity index is 2.19. The van der Waals surface area contributed by atoms with Gasteiger partial charge < -0.3 is 15.0 Å². The van der Waals surface area contributed by atoms with Crippen LogP contribution in [0, 0.1) is 6.92 Å². The molecule has 0 radical (unpaired) electrons. The summed E-state index contributed by atoms with van der Waals surface area (Å²) < 4.78 is 9.13. The van der Waals surface area contributed by atoms with Crippen molar-refractivity contribution in [1.29, 1.82) is 0 Å². The molecule has 1 aliphatic rings. The van der Waals surface area contributed by atoms with Gasteiger partial charge in [0.25, 0.3) is 0 Å². The summed E-state index contributed by atoms with van der Waals surface area (Å²) in [5.74, 6) is 3.00. The Kier molecular flexibility index (Phi) is 2.55. The molecular formula is C13H19N5O. The first-order valence-corrected chi connectivity index (χ1v) is 6.44. The maximum absolute atomic E-state index is 6.21. The number of methoxy groups -OCH3 is 1. The Morgan fingerprint density at radius 1 is 1.32 bits per heavy atom. The second kappa shape index (κ2) is 4.01. The van der Waals surface area contributed by atoms with Crippen molar-refractivity contribution in [1.82, 2.24) is 19.3 Å². The third kappa shape index (κ3) is 1.70. The summed E-state index contributed by atoms with van der Waals surface area (Å²) in [4.78, 5) is 4.73. The molecule has 1 aliphatic carbocycles. The van der Waals surface area contributed by atoms with Crippen LogP contribution in [-0.4, -0.2) is 26.4 Å². The first kappa shape index (κ1) is 12.1. The molecule has 2 aromatic heterocycles. The van der Waals surface area contributed by atoms with Crippen molar-refractivity contribution >= 4 is 5.82 Å². The van der Waals surface area contributed by atoms with E-state index in [1.54, 1.807) is 11.8 Å². The predicted molar refractivity (Wildman–Crippen MR) is 73.1 cm³/mol. The number of nitrogens with zero attached hydrogens (tertiary/aromatic N) is 4. The Bertz CT molecular complexity index is 636. The van der Waals surface area contributed by atoms with Crippen LogP contribution >= 0.6 is 0 Å². The SMILES string of the molecule is COc1c(-c2nc(C3CC3)n(C)c2N)c(C)nn1C. The second-order valence-electron chi connectivity index (χ2n) is 5.13. The normalized spacial score (nSPS) is 14.9. The van der Waals surface area contributed by atoms with E-state index in [1.807, 2.05) is 25.6 Å². The van der Waals surface area contributed by atoms with Crippen LogP contribution in [0.2, 0.25) is 0 Å². The molecule has 6 nitrogen and oxygen atoms in total. The second-order valence-corrected chi connectivity index (χ2v) is 5.13. The molecule has 0 bridgehead atoms. The van der Waals surface area contributed by atoms with Gasteiger partial charge in [0.05, 0.1) is 18.4 Å². The van der Waals surface area contributed by atoms with Crippen LogP contribution < -0.4 is 10.5 Å². The van der Waals surface area contributed by atoms with E-state index in [9.17, 15) is 0 Å². The fraction of sp³-hybridized carbons (Fsp3) is 0.538. The molecule has 2 aromatic rings. The summed E-state index contributed by atoms with van der Waals surface area (Å²) in [7, 11) is 5.47. The van der Waals surface area contributed by atoms with Gasteiger partial charge in [-0.15, -0.1) is 0 Å². The van der Waals surface area contributed by atoms with Gasteiger partial charge in [-0.05, 0) is 19.8 Å². The minimum absolute atomic E-state index is 0.559. The number of anilines is 1. The number of aromatic nitrogens is 4. The lowest BCUT2D eigenvalue weighted by atomic mass is 10.2. The topological polar surface area (TPSA) is 70.9 Å². The molecule has 1 saturated carbocycles. The molecule has 0 amide bonds. The lowest BCUT2D eigenvalue weighted by Gasteiger charge is -2.04. The molecule has 0 aliphatic heterocycles. The average Bonchev–Trinajstić information content (AvgIpc) is 3.11. The summed E-state index contributed by atoms with van der Waals surface area (Å²) in [6.07, 6.45) is 2.40. The summed E-state index contributed by atoms with van der Waals surface area (Å²) in [6, 6.07) is 0. The number of aryl methyl sites for hydroxylation is 2. The van der Waals surface area contributed by atoms with Crippen LogP contribution in [0.15, 0.2) is 0 Å². The molecule has 0 spiro atoms. The van der Waals surface area contributed by atoms with Crippen molar-refractivity contribution in [2.24, 2.45) is 14.1 Å². The molecule has 0 aromatic carbocycles. The third-order valence-corrected chi connectivity index (χ3v) is 3.72. The molecule has 0 atom stereocenters. The highest BCUT2D eigenvalue weighted by atomic mass is 16.5. The standard InChI is InChI=1S/C13H19N5O/c1-7-9(13(19-4)18(3)16-7)10-11(14)17(2)12(15-10)8-5-6-8/h8H,5-6,14H2,1-4H3. The summed E-state index contributed by atoms with van der Waals surface area (Å²) in [6.45, 7) is 1.95. The van der Waals surface area contributed by atoms with Crippen LogP contribution in [0.5, 0.6) is 5.88 Å². The molecule has 102 valence electrons. The maximum atomic E-state index is 6.21. The smallest absolute Gasteiger partial charge is 0.221 e. The van der Waals surface area contributed by atoms with E-state index in [0.29, 0.717) is 17.6 Å². The van der Waals surface area contributed by atoms with Gasteiger partial charge in [0.1, 0.15) is 17.3 Å². The van der Waals surface area contributed by atoms with E-state index in [-0.39, 0.29) is 0 Å². The molecular weight excluding hydrogens is 242 g/mol. The number of ether oxygens (including phenoxy) is 1. The van der Waals surface area contributed by atoms with Gasteiger partial charge >= 0.3 is 0 Å². The molecule has 6 heteroatoms. The van der Waals surface area contributed by atoms with Crippen LogP contribution in [0.4, 0.5) is 5.82 Å². The monoisotopic (exact) mass is 261 g/mol. The van der Waals surface area contributed by atoms with Gasteiger partial charge in [-0.3, -0.25) is 0 Å².